The number of esters is 1. The molecule has 0 aromatic carbocycles. The Balaban J connectivity index is 1.99. The van der Waals surface area contributed by atoms with E-state index in [4.69, 9.17) is 4.74 Å². The van der Waals surface area contributed by atoms with E-state index in [1.165, 1.54) is 25.5 Å². The van der Waals surface area contributed by atoms with Gasteiger partial charge in [0.2, 0.25) is 0 Å². The Kier molecular flexibility index (Phi) is 2.85. The van der Waals surface area contributed by atoms with E-state index < -0.39 is 0 Å². The van der Waals surface area contributed by atoms with Gasteiger partial charge in [-0.15, -0.1) is 0 Å². The zero-order valence-electron chi connectivity index (χ0n) is 9.55. The number of carbonyl (C=O) groups is 1. The molecule has 2 aliphatic carbocycles. The van der Waals surface area contributed by atoms with Crippen LogP contribution in [0.15, 0.2) is 12.2 Å². The topological polar surface area (TPSA) is 26.3 Å². The highest BCUT2D eigenvalue weighted by Gasteiger charge is 2.44. The molecule has 0 unspecified atom stereocenters. The van der Waals surface area contributed by atoms with Crippen molar-refractivity contribution in [3.05, 3.63) is 12.2 Å². The van der Waals surface area contributed by atoms with Crippen LogP contribution in [0.3, 0.4) is 0 Å². The average molecular weight is 208 g/mol. The lowest BCUT2D eigenvalue weighted by atomic mass is 9.69. The molecule has 2 saturated carbocycles. The number of rotatable bonds is 3. The van der Waals surface area contributed by atoms with Gasteiger partial charge in [0.25, 0.3) is 0 Å². The lowest BCUT2D eigenvalue weighted by Crippen LogP contribution is -2.33. The van der Waals surface area contributed by atoms with E-state index in [1.807, 2.05) is 0 Å². The van der Waals surface area contributed by atoms with Gasteiger partial charge < -0.3 is 4.74 Å². The molecule has 0 aromatic rings. The molecule has 15 heavy (non-hydrogen) atoms. The molecule has 0 heterocycles. The molecule has 0 saturated heterocycles. The third kappa shape index (κ3) is 1.95. The zero-order chi connectivity index (χ0) is 10.9. The van der Waals surface area contributed by atoms with Crippen LogP contribution in [0.5, 0.6) is 0 Å². The maximum absolute atomic E-state index is 11.8. The van der Waals surface area contributed by atoms with Crippen LogP contribution in [-0.4, -0.2) is 13.1 Å². The fourth-order valence-electron chi connectivity index (χ4n) is 3.21. The van der Waals surface area contributed by atoms with Crippen LogP contribution in [0.1, 0.15) is 44.9 Å². The molecule has 0 radical (unpaired) electrons. The van der Waals surface area contributed by atoms with Gasteiger partial charge in [-0.05, 0) is 38.0 Å². The summed E-state index contributed by atoms with van der Waals surface area (Å²) in [4.78, 5) is 11.8. The van der Waals surface area contributed by atoms with Gasteiger partial charge in [-0.1, -0.05) is 25.0 Å². The second-order valence-corrected chi connectivity index (χ2v) is 5.21. The molecular formula is C13H20O2. The number of allylic oxidation sites excluding steroid dienone is 1. The second-order valence-electron chi connectivity index (χ2n) is 5.21. The second kappa shape index (κ2) is 3.99. The summed E-state index contributed by atoms with van der Waals surface area (Å²) in [6, 6.07) is 0. The first-order valence-electron chi connectivity index (χ1n) is 5.91. The van der Waals surface area contributed by atoms with Gasteiger partial charge in [0.1, 0.15) is 0 Å². The summed E-state index contributed by atoms with van der Waals surface area (Å²) in [6.07, 6.45) is 7.70. The van der Waals surface area contributed by atoms with E-state index >= 15 is 0 Å². The summed E-state index contributed by atoms with van der Waals surface area (Å²) in [5.74, 6) is 0.715. The highest BCUT2D eigenvalue weighted by Crippen LogP contribution is 2.48. The van der Waals surface area contributed by atoms with Crippen molar-refractivity contribution in [3.8, 4) is 0 Å². The van der Waals surface area contributed by atoms with Crippen molar-refractivity contribution in [2.75, 3.05) is 7.11 Å². The van der Waals surface area contributed by atoms with Gasteiger partial charge in [-0.2, -0.15) is 0 Å². The third-order valence-corrected chi connectivity index (χ3v) is 4.01. The molecule has 84 valence electrons. The third-order valence-electron chi connectivity index (χ3n) is 4.01. The van der Waals surface area contributed by atoms with Crippen molar-refractivity contribution in [2.45, 2.75) is 44.9 Å². The predicted octanol–water partition coefficient (Wildman–Crippen LogP) is 3.08. The molecule has 0 atom stereocenters. The lowest BCUT2D eigenvalue weighted by molar-refractivity contribution is -0.154. The highest BCUT2D eigenvalue weighted by molar-refractivity contribution is 5.77. The van der Waals surface area contributed by atoms with Gasteiger partial charge in [0.15, 0.2) is 0 Å². The number of hydrogen-bond acceptors (Lipinski definition) is 2. The Labute approximate surface area is 91.7 Å². The summed E-state index contributed by atoms with van der Waals surface area (Å²) in [7, 11) is 1.52. The minimum absolute atomic E-state index is 0.0255. The van der Waals surface area contributed by atoms with E-state index in [1.54, 1.807) is 0 Å². The first kappa shape index (κ1) is 10.7. The van der Waals surface area contributed by atoms with E-state index in [2.05, 4.69) is 6.58 Å². The molecule has 2 aliphatic rings. The Morgan fingerprint density at radius 3 is 2.53 bits per heavy atom. The zero-order valence-corrected chi connectivity index (χ0v) is 9.55. The summed E-state index contributed by atoms with van der Waals surface area (Å²) in [5, 5.41) is 0. The number of carbonyl (C=O) groups excluding carboxylic acids is 1. The fraction of sp³-hybridized carbons (Fsp3) is 0.769. The number of hydrogen-bond donors (Lipinski definition) is 0. The molecule has 0 spiro atoms. The van der Waals surface area contributed by atoms with Gasteiger partial charge >= 0.3 is 5.97 Å². The van der Waals surface area contributed by atoms with E-state index in [0.717, 1.165) is 32.1 Å². The van der Waals surface area contributed by atoms with Crippen molar-refractivity contribution in [1.29, 1.82) is 0 Å². The Morgan fingerprint density at radius 1 is 1.47 bits per heavy atom. The van der Waals surface area contributed by atoms with Gasteiger partial charge in [0.05, 0.1) is 12.5 Å². The summed E-state index contributed by atoms with van der Waals surface area (Å²) in [6.45, 7) is 3.96. The Bertz CT molecular complexity index is 266. The minimum atomic E-state index is -0.139. The smallest absolute Gasteiger partial charge is 0.311 e. The first-order chi connectivity index (χ1) is 7.16. The minimum Gasteiger partial charge on any atom is -0.469 e. The van der Waals surface area contributed by atoms with Crippen LogP contribution in [0.2, 0.25) is 0 Å². The summed E-state index contributed by atoms with van der Waals surface area (Å²) < 4.78 is 4.97. The molecule has 2 fully saturated rings. The Morgan fingerprint density at radius 2 is 2.07 bits per heavy atom. The monoisotopic (exact) mass is 208 g/mol. The van der Waals surface area contributed by atoms with Crippen molar-refractivity contribution < 1.29 is 9.53 Å². The van der Waals surface area contributed by atoms with Crippen LogP contribution in [0.25, 0.3) is 0 Å². The SMILES string of the molecule is C=C1CC(CC2(C(=O)OC)CCCC2)C1. The average Bonchev–Trinajstić information content (AvgIpc) is 2.64. The molecule has 0 aromatic heterocycles. The predicted molar refractivity (Wildman–Crippen MR) is 59.4 cm³/mol. The van der Waals surface area contributed by atoms with Crippen LogP contribution in [-0.2, 0) is 9.53 Å². The molecule has 0 N–H and O–H groups in total. The van der Waals surface area contributed by atoms with Gasteiger partial charge in [-0.3, -0.25) is 4.79 Å². The molecular weight excluding hydrogens is 188 g/mol. The summed E-state index contributed by atoms with van der Waals surface area (Å²) in [5.41, 5.74) is 1.21. The summed E-state index contributed by atoms with van der Waals surface area (Å²) >= 11 is 0. The van der Waals surface area contributed by atoms with Crippen LogP contribution in [0.4, 0.5) is 0 Å². The van der Waals surface area contributed by atoms with E-state index in [-0.39, 0.29) is 11.4 Å². The molecule has 0 aliphatic heterocycles. The lowest BCUT2D eigenvalue weighted by Gasteiger charge is -2.36. The molecule has 0 amide bonds. The van der Waals surface area contributed by atoms with Crippen LogP contribution >= 0.6 is 0 Å². The molecule has 2 rings (SSSR count). The standard InChI is InChI=1S/C13H20O2/c1-10-7-11(8-10)9-13(12(14)15-2)5-3-4-6-13/h11H,1,3-9H2,2H3. The molecule has 2 heteroatoms. The quantitative estimate of drug-likeness (QED) is 0.526. The fourth-order valence-corrected chi connectivity index (χ4v) is 3.21. The normalized spacial score (nSPS) is 25.0. The highest BCUT2D eigenvalue weighted by atomic mass is 16.5. The van der Waals surface area contributed by atoms with Crippen molar-refractivity contribution in [2.24, 2.45) is 11.3 Å². The van der Waals surface area contributed by atoms with Crippen molar-refractivity contribution in [1.82, 2.24) is 0 Å². The molecule has 2 nitrogen and oxygen atoms in total. The van der Waals surface area contributed by atoms with Crippen molar-refractivity contribution in [3.63, 3.8) is 0 Å². The maximum Gasteiger partial charge on any atom is 0.311 e. The van der Waals surface area contributed by atoms with E-state index in [9.17, 15) is 4.79 Å². The van der Waals surface area contributed by atoms with Crippen LogP contribution in [0, 0.1) is 11.3 Å². The van der Waals surface area contributed by atoms with E-state index in [0.29, 0.717) is 5.92 Å². The number of ether oxygens (including phenoxy) is 1. The van der Waals surface area contributed by atoms with Crippen molar-refractivity contribution >= 4 is 5.97 Å². The maximum atomic E-state index is 11.8. The van der Waals surface area contributed by atoms with Gasteiger partial charge in [0, 0.05) is 0 Å². The largest absolute Gasteiger partial charge is 0.469 e. The Hall–Kier alpha value is -0.790. The molecule has 0 bridgehead atoms. The first-order valence-corrected chi connectivity index (χ1v) is 5.91. The van der Waals surface area contributed by atoms with Gasteiger partial charge in [-0.25, -0.2) is 0 Å². The number of methoxy groups -OCH3 is 1. The van der Waals surface area contributed by atoms with Crippen LogP contribution < -0.4 is 0 Å².